The Morgan fingerprint density at radius 2 is 1.63 bits per heavy atom. The highest BCUT2D eigenvalue weighted by Crippen LogP contribution is 2.39. The van der Waals surface area contributed by atoms with Gasteiger partial charge in [0.25, 0.3) is 0 Å². The van der Waals surface area contributed by atoms with Crippen molar-refractivity contribution in [2.75, 3.05) is 0 Å². The van der Waals surface area contributed by atoms with Crippen molar-refractivity contribution in [3.63, 3.8) is 0 Å². The summed E-state index contributed by atoms with van der Waals surface area (Å²) in [5.41, 5.74) is -0.738. The van der Waals surface area contributed by atoms with E-state index in [9.17, 15) is 15.8 Å². The number of nitrogens with zero attached hydrogens (tertiary/aromatic N) is 4. The first-order valence-corrected chi connectivity index (χ1v) is 5.88. The van der Waals surface area contributed by atoms with Gasteiger partial charge in [-0.1, -0.05) is 30.3 Å². The molecule has 4 heteroatoms. The first kappa shape index (κ1) is 14.2. The summed E-state index contributed by atoms with van der Waals surface area (Å²) in [6.45, 7) is 0. The molecule has 0 fully saturated rings. The molecule has 0 radical (unpaired) electrons. The van der Waals surface area contributed by atoms with Gasteiger partial charge in [-0.05, 0) is 18.4 Å². The standard InChI is InChI=1S/C15H12N4/c16-9-5-4-8-15(11-18,12-19)14(10-17)13-6-2-1-3-7-13/h1-3,6-7,14H,4-5,8H2. The minimum Gasteiger partial charge on any atom is -0.198 e. The zero-order chi connectivity index (χ0) is 14.1. The minimum atomic E-state index is -1.40. The van der Waals surface area contributed by atoms with E-state index in [0.29, 0.717) is 12.0 Å². The molecule has 0 bridgehead atoms. The highest BCUT2D eigenvalue weighted by atomic mass is 14.5. The molecule has 0 N–H and O–H groups in total. The average molecular weight is 248 g/mol. The highest BCUT2D eigenvalue weighted by molar-refractivity contribution is 5.35. The van der Waals surface area contributed by atoms with E-state index in [1.165, 1.54) is 0 Å². The van der Waals surface area contributed by atoms with Crippen LogP contribution in [0.15, 0.2) is 30.3 Å². The minimum absolute atomic E-state index is 0.223. The first-order chi connectivity index (χ1) is 9.24. The lowest BCUT2D eigenvalue weighted by Crippen LogP contribution is -2.25. The van der Waals surface area contributed by atoms with E-state index in [2.05, 4.69) is 6.07 Å². The number of benzene rings is 1. The number of nitriles is 4. The molecule has 0 heterocycles. The molecule has 1 rings (SSSR count). The van der Waals surface area contributed by atoms with E-state index in [4.69, 9.17) is 5.26 Å². The monoisotopic (exact) mass is 248 g/mol. The summed E-state index contributed by atoms with van der Waals surface area (Å²) >= 11 is 0. The number of rotatable bonds is 5. The van der Waals surface area contributed by atoms with Crippen molar-refractivity contribution in [3.8, 4) is 24.3 Å². The fourth-order valence-electron chi connectivity index (χ4n) is 1.97. The summed E-state index contributed by atoms with van der Waals surface area (Å²) in [4.78, 5) is 0. The van der Waals surface area contributed by atoms with Crippen molar-refractivity contribution in [2.24, 2.45) is 5.41 Å². The van der Waals surface area contributed by atoms with E-state index in [-0.39, 0.29) is 12.8 Å². The predicted molar refractivity (Wildman–Crippen MR) is 67.9 cm³/mol. The van der Waals surface area contributed by atoms with Crippen LogP contribution in [0.25, 0.3) is 0 Å². The Labute approximate surface area is 112 Å². The van der Waals surface area contributed by atoms with Crippen molar-refractivity contribution in [2.45, 2.75) is 25.2 Å². The maximum atomic E-state index is 9.33. The lowest BCUT2D eigenvalue weighted by Gasteiger charge is -2.23. The van der Waals surface area contributed by atoms with Crippen molar-refractivity contribution >= 4 is 0 Å². The van der Waals surface area contributed by atoms with Gasteiger partial charge in [-0.15, -0.1) is 0 Å². The molecule has 19 heavy (non-hydrogen) atoms. The van der Waals surface area contributed by atoms with Crippen LogP contribution in [0.2, 0.25) is 0 Å². The molecule has 1 aromatic carbocycles. The summed E-state index contributed by atoms with van der Waals surface area (Å²) < 4.78 is 0. The van der Waals surface area contributed by atoms with Crippen LogP contribution in [-0.2, 0) is 0 Å². The fraction of sp³-hybridized carbons (Fsp3) is 0.333. The quantitative estimate of drug-likeness (QED) is 0.748. The number of hydrogen-bond acceptors (Lipinski definition) is 4. The lowest BCUT2D eigenvalue weighted by atomic mass is 9.71. The Balaban J connectivity index is 3.11. The van der Waals surface area contributed by atoms with Crippen molar-refractivity contribution < 1.29 is 0 Å². The topological polar surface area (TPSA) is 95.2 Å². The highest BCUT2D eigenvalue weighted by Gasteiger charge is 2.40. The molecular weight excluding hydrogens is 236 g/mol. The Morgan fingerprint density at radius 1 is 1.00 bits per heavy atom. The van der Waals surface area contributed by atoms with E-state index >= 15 is 0 Å². The van der Waals surface area contributed by atoms with Crippen LogP contribution in [0.1, 0.15) is 30.7 Å². The van der Waals surface area contributed by atoms with E-state index in [1.54, 1.807) is 24.3 Å². The number of hydrogen-bond donors (Lipinski definition) is 0. The van der Waals surface area contributed by atoms with Crippen molar-refractivity contribution in [1.82, 2.24) is 0 Å². The molecule has 0 spiro atoms. The van der Waals surface area contributed by atoms with Crippen LogP contribution in [0.5, 0.6) is 0 Å². The third-order valence-corrected chi connectivity index (χ3v) is 3.01. The van der Waals surface area contributed by atoms with Gasteiger partial charge in [0.05, 0.1) is 24.3 Å². The maximum Gasteiger partial charge on any atom is 0.163 e. The molecule has 0 aliphatic rings. The van der Waals surface area contributed by atoms with Gasteiger partial charge >= 0.3 is 0 Å². The van der Waals surface area contributed by atoms with Crippen LogP contribution < -0.4 is 0 Å². The first-order valence-electron chi connectivity index (χ1n) is 5.88. The van der Waals surface area contributed by atoms with Crippen molar-refractivity contribution in [3.05, 3.63) is 35.9 Å². The van der Waals surface area contributed by atoms with Gasteiger partial charge in [0, 0.05) is 6.42 Å². The molecule has 1 aromatic rings. The second-order valence-electron chi connectivity index (χ2n) is 4.18. The predicted octanol–water partition coefficient (Wildman–Crippen LogP) is 3.02. The van der Waals surface area contributed by atoms with Crippen LogP contribution in [0, 0.1) is 50.7 Å². The second kappa shape index (κ2) is 6.80. The Morgan fingerprint density at radius 3 is 2.11 bits per heavy atom. The maximum absolute atomic E-state index is 9.33. The van der Waals surface area contributed by atoms with Gasteiger partial charge in [-0.3, -0.25) is 0 Å². The van der Waals surface area contributed by atoms with Crippen LogP contribution in [0.4, 0.5) is 0 Å². The molecule has 92 valence electrons. The molecule has 0 amide bonds. The van der Waals surface area contributed by atoms with Gasteiger partial charge < -0.3 is 0 Å². The second-order valence-corrected chi connectivity index (χ2v) is 4.18. The number of unbranched alkanes of at least 4 members (excludes halogenated alkanes) is 1. The smallest absolute Gasteiger partial charge is 0.163 e. The molecule has 1 unspecified atom stereocenters. The van der Waals surface area contributed by atoms with Gasteiger partial charge in [-0.25, -0.2) is 0 Å². The summed E-state index contributed by atoms with van der Waals surface area (Å²) in [6, 6.07) is 16.8. The molecule has 1 atom stereocenters. The summed E-state index contributed by atoms with van der Waals surface area (Å²) in [7, 11) is 0. The summed E-state index contributed by atoms with van der Waals surface area (Å²) in [5, 5.41) is 36.5. The molecule has 0 saturated heterocycles. The fourth-order valence-corrected chi connectivity index (χ4v) is 1.97. The van der Waals surface area contributed by atoms with Gasteiger partial charge in [-0.2, -0.15) is 21.0 Å². The zero-order valence-corrected chi connectivity index (χ0v) is 10.4. The largest absolute Gasteiger partial charge is 0.198 e. The third-order valence-electron chi connectivity index (χ3n) is 3.01. The Hall–Kier alpha value is -2.82. The van der Waals surface area contributed by atoms with Gasteiger partial charge in [0.2, 0.25) is 0 Å². The van der Waals surface area contributed by atoms with Crippen LogP contribution in [0.3, 0.4) is 0 Å². The Kier molecular flexibility index (Phi) is 5.10. The molecule has 0 aliphatic heterocycles. The van der Waals surface area contributed by atoms with E-state index < -0.39 is 11.3 Å². The third kappa shape index (κ3) is 3.10. The van der Waals surface area contributed by atoms with Gasteiger partial charge in [0.1, 0.15) is 5.92 Å². The van der Waals surface area contributed by atoms with Crippen LogP contribution >= 0.6 is 0 Å². The Bertz CT molecular complexity index is 564. The van der Waals surface area contributed by atoms with Crippen molar-refractivity contribution in [1.29, 1.82) is 21.0 Å². The van der Waals surface area contributed by atoms with E-state index in [0.717, 1.165) is 0 Å². The molecule has 0 aliphatic carbocycles. The SMILES string of the molecule is N#CCCCC(C#N)(C#N)C(C#N)c1ccccc1. The summed E-state index contributed by atoms with van der Waals surface area (Å²) in [5.74, 6) is -0.803. The normalized spacial score (nSPS) is 11.4. The average Bonchev–Trinajstić information content (AvgIpc) is 2.47. The lowest BCUT2D eigenvalue weighted by molar-refractivity contribution is 0.423. The van der Waals surface area contributed by atoms with Crippen LogP contribution in [-0.4, -0.2) is 0 Å². The van der Waals surface area contributed by atoms with E-state index in [1.807, 2.05) is 24.3 Å². The van der Waals surface area contributed by atoms with Gasteiger partial charge in [0.15, 0.2) is 5.41 Å². The zero-order valence-electron chi connectivity index (χ0n) is 10.4. The molecule has 0 aromatic heterocycles. The molecular formula is C15H12N4. The molecule has 4 nitrogen and oxygen atoms in total. The summed E-state index contributed by atoms with van der Waals surface area (Å²) in [6.07, 6.45) is 0.932. The molecule has 0 saturated carbocycles.